The molecule has 1 heterocycles. The van der Waals surface area contributed by atoms with Gasteiger partial charge >= 0.3 is 0 Å². The molecule has 138 valence electrons. The van der Waals surface area contributed by atoms with Crippen LogP contribution < -0.4 is 9.47 Å². The van der Waals surface area contributed by atoms with Crippen molar-refractivity contribution in [1.29, 1.82) is 0 Å². The first-order valence-electron chi connectivity index (χ1n) is 9.88. The number of hydrogen-bond acceptors (Lipinski definition) is 3. The first-order valence-corrected chi connectivity index (χ1v) is 9.88. The van der Waals surface area contributed by atoms with Crippen molar-refractivity contribution in [3.8, 4) is 11.5 Å². The number of nitrogens with zero attached hydrogens (tertiary/aromatic N) is 1. The summed E-state index contributed by atoms with van der Waals surface area (Å²) >= 11 is 0. The van der Waals surface area contributed by atoms with E-state index in [-0.39, 0.29) is 12.0 Å². The van der Waals surface area contributed by atoms with Crippen LogP contribution in [0.3, 0.4) is 0 Å². The topological polar surface area (TPSA) is 38.8 Å². The number of carbonyl (C=O) groups is 1. The zero-order chi connectivity index (χ0) is 17.9. The standard InChI is InChI=1S/C22H27NO3/c1-25-19-8-5-14(12-20(19)26-2)18-4-3-11-23(18)21(24)16-13-15-6-7-17(16)22(15)9-10-22/h5-8,12,15-18H,3-4,9-11,13H2,1-2H3. The SMILES string of the molecule is COc1ccc(C2CCCN2C(=O)C2CC3C=CC2C32CC2)cc1OC. The lowest BCUT2D eigenvalue weighted by Gasteiger charge is -2.30. The van der Waals surface area contributed by atoms with E-state index in [2.05, 4.69) is 23.1 Å². The fraction of sp³-hybridized carbons (Fsp3) is 0.591. The van der Waals surface area contributed by atoms with Crippen molar-refractivity contribution in [1.82, 2.24) is 4.90 Å². The highest BCUT2D eigenvalue weighted by Gasteiger charge is 2.64. The van der Waals surface area contributed by atoms with Crippen molar-refractivity contribution in [2.45, 2.75) is 38.1 Å². The summed E-state index contributed by atoms with van der Waals surface area (Å²) in [6.07, 6.45) is 10.5. The first-order chi connectivity index (χ1) is 12.7. The summed E-state index contributed by atoms with van der Waals surface area (Å²) in [5, 5.41) is 0. The maximum atomic E-state index is 13.5. The Balaban J connectivity index is 1.39. The summed E-state index contributed by atoms with van der Waals surface area (Å²) in [6, 6.07) is 6.24. The molecule has 1 saturated heterocycles. The van der Waals surface area contributed by atoms with Gasteiger partial charge in [-0.25, -0.2) is 0 Å². The van der Waals surface area contributed by atoms with E-state index in [1.54, 1.807) is 14.2 Å². The molecule has 2 bridgehead atoms. The predicted octanol–water partition coefficient (Wildman–Crippen LogP) is 3.97. The van der Waals surface area contributed by atoms with Crippen LogP contribution in [0.2, 0.25) is 0 Å². The Morgan fingerprint density at radius 2 is 1.96 bits per heavy atom. The molecule has 26 heavy (non-hydrogen) atoms. The van der Waals surface area contributed by atoms with Crippen molar-refractivity contribution in [3.05, 3.63) is 35.9 Å². The van der Waals surface area contributed by atoms with Gasteiger partial charge in [-0.1, -0.05) is 18.2 Å². The van der Waals surface area contributed by atoms with E-state index in [1.165, 1.54) is 12.8 Å². The lowest BCUT2D eigenvalue weighted by Crippen LogP contribution is -2.37. The van der Waals surface area contributed by atoms with Crippen LogP contribution in [0.25, 0.3) is 0 Å². The summed E-state index contributed by atoms with van der Waals surface area (Å²) in [5.41, 5.74) is 1.63. The van der Waals surface area contributed by atoms with Crippen LogP contribution in [-0.4, -0.2) is 31.6 Å². The van der Waals surface area contributed by atoms with Gasteiger partial charge in [-0.15, -0.1) is 0 Å². The monoisotopic (exact) mass is 353 g/mol. The van der Waals surface area contributed by atoms with E-state index in [0.29, 0.717) is 23.2 Å². The van der Waals surface area contributed by atoms with Gasteiger partial charge in [0.1, 0.15) is 0 Å². The van der Waals surface area contributed by atoms with Crippen molar-refractivity contribution in [3.63, 3.8) is 0 Å². The van der Waals surface area contributed by atoms with Crippen molar-refractivity contribution < 1.29 is 14.3 Å². The lowest BCUT2D eigenvalue weighted by atomic mass is 9.87. The van der Waals surface area contributed by atoms with Crippen LogP contribution in [0.5, 0.6) is 11.5 Å². The highest BCUT2D eigenvalue weighted by molar-refractivity contribution is 5.81. The summed E-state index contributed by atoms with van der Waals surface area (Å²) in [5.74, 6) is 3.21. The van der Waals surface area contributed by atoms with Gasteiger partial charge in [-0.05, 0) is 67.1 Å². The molecule has 0 N–H and O–H groups in total. The maximum absolute atomic E-state index is 13.5. The second kappa shape index (κ2) is 5.77. The quantitative estimate of drug-likeness (QED) is 0.769. The van der Waals surface area contributed by atoms with E-state index in [1.807, 2.05) is 12.1 Å². The Morgan fingerprint density at radius 3 is 2.65 bits per heavy atom. The summed E-state index contributed by atoms with van der Waals surface area (Å²) in [7, 11) is 3.31. The number of likely N-dealkylation sites (tertiary alicyclic amines) is 1. The zero-order valence-corrected chi connectivity index (χ0v) is 15.6. The molecule has 1 amide bonds. The Labute approximate surface area is 155 Å². The summed E-state index contributed by atoms with van der Waals surface area (Å²) in [6.45, 7) is 0.877. The molecular formula is C22H27NO3. The Hall–Kier alpha value is -1.97. The van der Waals surface area contributed by atoms with Crippen molar-refractivity contribution >= 4 is 5.91 Å². The minimum atomic E-state index is 0.167. The van der Waals surface area contributed by atoms with Gasteiger partial charge < -0.3 is 14.4 Å². The van der Waals surface area contributed by atoms with Crippen LogP contribution in [0.15, 0.2) is 30.4 Å². The number of allylic oxidation sites excluding steroid dienone is 2. The number of methoxy groups -OCH3 is 2. The van der Waals surface area contributed by atoms with Gasteiger partial charge in [-0.3, -0.25) is 4.79 Å². The first kappa shape index (κ1) is 16.2. The van der Waals surface area contributed by atoms with E-state index < -0.39 is 0 Å². The van der Waals surface area contributed by atoms with Crippen LogP contribution in [0.1, 0.15) is 43.7 Å². The molecule has 3 fully saturated rings. The number of amides is 1. The average molecular weight is 353 g/mol. The van der Waals surface area contributed by atoms with Crippen molar-refractivity contribution in [2.75, 3.05) is 20.8 Å². The fourth-order valence-corrected chi connectivity index (χ4v) is 5.91. The number of rotatable bonds is 4. The Morgan fingerprint density at radius 1 is 1.15 bits per heavy atom. The molecule has 0 aromatic heterocycles. The predicted molar refractivity (Wildman–Crippen MR) is 99.1 cm³/mol. The van der Waals surface area contributed by atoms with E-state index in [4.69, 9.17) is 9.47 Å². The molecule has 0 radical (unpaired) electrons. The summed E-state index contributed by atoms with van der Waals surface area (Å²) < 4.78 is 10.8. The van der Waals surface area contributed by atoms with Crippen LogP contribution in [-0.2, 0) is 4.79 Å². The highest BCUT2D eigenvalue weighted by Crippen LogP contribution is 2.70. The molecule has 4 heteroatoms. The lowest BCUT2D eigenvalue weighted by molar-refractivity contribution is -0.137. The van der Waals surface area contributed by atoms with Crippen LogP contribution in [0.4, 0.5) is 0 Å². The van der Waals surface area contributed by atoms with E-state index in [9.17, 15) is 4.79 Å². The van der Waals surface area contributed by atoms with Crippen molar-refractivity contribution in [2.24, 2.45) is 23.2 Å². The van der Waals surface area contributed by atoms with Gasteiger partial charge in [0.25, 0.3) is 0 Å². The largest absolute Gasteiger partial charge is 0.493 e. The van der Waals surface area contributed by atoms with E-state index in [0.717, 1.165) is 42.9 Å². The van der Waals surface area contributed by atoms with E-state index >= 15 is 0 Å². The highest BCUT2D eigenvalue weighted by atomic mass is 16.5. The van der Waals surface area contributed by atoms with Gasteiger partial charge in [0.15, 0.2) is 11.5 Å². The molecule has 1 aromatic carbocycles. The minimum Gasteiger partial charge on any atom is -0.493 e. The maximum Gasteiger partial charge on any atom is 0.226 e. The van der Waals surface area contributed by atoms with Crippen LogP contribution >= 0.6 is 0 Å². The number of benzene rings is 1. The van der Waals surface area contributed by atoms with Crippen LogP contribution in [0, 0.1) is 23.2 Å². The molecular weight excluding hydrogens is 326 g/mol. The molecule has 2 saturated carbocycles. The zero-order valence-electron chi connectivity index (χ0n) is 15.6. The average Bonchev–Trinajstić information content (AvgIpc) is 3.07. The molecule has 1 spiro atoms. The molecule has 1 aromatic rings. The van der Waals surface area contributed by atoms with Gasteiger partial charge in [0.05, 0.1) is 20.3 Å². The normalized spacial score (nSPS) is 33.1. The fourth-order valence-electron chi connectivity index (χ4n) is 5.91. The third-order valence-corrected chi connectivity index (χ3v) is 7.37. The molecule has 3 aliphatic carbocycles. The molecule has 5 rings (SSSR count). The Kier molecular flexibility index (Phi) is 3.60. The third kappa shape index (κ3) is 2.17. The van der Waals surface area contributed by atoms with Gasteiger partial charge in [0.2, 0.25) is 5.91 Å². The molecule has 4 unspecified atom stereocenters. The molecule has 1 aliphatic heterocycles. The molecule has 4 aliphatic rings. The number of carbonyl (C=O) groups excluding carboxylic acids is 1. The molecule has 4 atom stereocenters. The van der Waals surface area contributed by atoms with Gasteiger partial charge in [-0.2, -0.15) is 0 Å². The van der Waals surface area contributed by atoms with Gasteiger partial charge in [0, 0.05) is 12.5 Å². The summed E-state index contributed by atoms with van der Waals surface area (Å²) in [4.78, 5) is 15.6. The number of hydrogen-bond donors (Lipinski definition) is 0. The minimum absolute atomic E-state index is 0.167. The number of ether oxygens (including phenoxy) is 2. The second-order valence-electron chi connectivity index (χ2n) is 8.40. The second-order valence-corrected chi connectivity index (χ2v) is 8.40. The Bertz CT molecular complexity index is 767. The molecule has 4 nitrogen and oxygen atoms in total. The smallest absolute Gasteiger partial charge is 0.226 e. The third-order valence-electron chi connectivity index (χ3n) is 7.37.